The quantitative estimate of drug-likeness (QED) is 0.580. The molecule has 6 heteroatoms. The number of hydrogen-bond donors (Lipinski definition) is 0. The third-order valence-electron chi connectivity index (χ3n) is 1.40. The molecule has 0 aliphatic carbocycles. The molecule has 0 saturated heterocycles. The standard InChI is InChI=1S/C6H12O2.C5H10O4.2C2H6.CH4/c1-6(2,3)5(7)8-4;1-7-3-5(6)9-4-8-2;2*1-2;/h1-4H3;3-4H2,1-2H3;2*1-2H3;1H4. The van der Waals surface area contributed by atoms with Crippen LogP contribution in [0.4, 0.5) is 0 Å². The molecule has 0 saturated carbocycles. The Hall–Kier alpha value is -1.14. The topological polar surface area (TPSA) is 71.1 Å². The molecule has 6 nitrogen and oxygen atoms in total. The third-order valence-corrected chi connectivity index (χ3v) is 1.40. The minimum absolute atomic E-state index is 0. The van der Waals surface area contributed by atoms with Crippen LogP contribution in [-0.2, 0) is 28.5 Å². The van der Waals surface area contributed by atoms with Crippen molar-refractivity contribution in [2.45, 2.75) is 55.9 Å². The van der Waals surface area contributed by atoms with Crippen LogP contribution in [0.25, 0.3) is 0 Å². The summed E-state index contributed by atoms with van der Waals surface area (Å²) in [6.45, 7) is 13.4. The molecule has 0 aromatic carbocycles. The summed E-state index contributed by atoms with van der Waals surface area (Å²) in [5.74, 6) is -0.586. The van der Waals surface area contributed by atoms with Gasteiger partial charge in [-0.1, -0.05) is 35.1 Å². The Labute approximate surface area is 137 Å². The maximum Gasteiger partial charge on any atom is 0.334 e. The van der Waals surface area contributed by atoms with Gasteiger partial charge in [-0.25, -0.2) is 4.79 Å². The van der Waals surface area contributed by atoms with Gasteiger partial charge in [0.2, 0.25) is 0 Å². The van der Waals surface area contributed by atoms with Gasteiger partial charge in [0.25, 0.3) is 0 Å². The van der Waals surface area contributed by atoms with Crippen LogP contribution in [-0.4, -0.2) is 46.7 Å². The number of methoxy groups -OCH3 is 3. The summed E-state index contributed by atoms with van der Waals surface area (Å²) in [5.41, 5.74) is -0.352. The van der Waals surface area contributed by atoms with Gasteiger partial charge in [0, 0.05) is 14.2 Å². The second-order valence-corrected chi connectivity index (χ2v) is 4.10. The van der Waals surface area contributed by atoms with Gasteiger partial charge in [0.05, 0.1) is 12.5 Å². The van der Waals surface area contributed by atoms with Crippen LogP contribution in [0.3, 0.4) is 0 Å². The van der Waals surface area contributed by atoms with Crippen LogP contribution in [0.15, 0.2) is 0 Å². The zero-order valence-electron chi connectivity index (χ0n) is 15.4. The van der Waals surface area contributed by atoms with Crippen molar-refractivity contribution >= 4 is 11.9 Å². The summed E-state index contributed by atoms with van der Waals surface area (Å²) in [6, 6.07) is 0. The highest BCUT2D eigenvalue weighted by molar-refractivity contribution is 5.75. The van der Waals surface area contributed by atoms with Crippen molar-refractivity contribution in [3.05, 3.63) is 0 Å². The molecule has 0 bridgehead atoms. The van der Waals surface area contributed by atoms with E-state index in [1.54, 1.807) is 0 Å². The molecule has 0 radical (unpaired) electrons. The monoisotopic (exact) mass is 326 g/mol. The maximum absolute atomic E-state index is 10.6. The van der Waals surface area contributed by atoms with Crippen LogP contribution >= 0.6 is 0 Å². The minimum atomic E-state index is -0.417. The number of carbonyl (C=O) groups is 2. The second kappa shape index (κ2) is 24.9. The molecule has 0 aromatic heterocycles. The summed E-state index contributed by atoms with van der Waals surface area (Å²) in [5, 5.41) is 0. The van der Waals surface area contributed by atoms with E-state index in [0.717, 1.165) is 0 Å². The molecular weight excluding hydrogens is 288 g/mol. The zero-order chi connectivity index (χ0) is 17.9. The van der Waals surface area contributed by atoms with Crippen molar-refractivity contribution in [2.24, 2.45) is 5.41 Å². The average Bonchev–Trinajstić information content (AvgIpc) is 2.48. The fourth-order valence-electron chi connectivity index (χ4n) is 0.590. The van der Waals surface area contributed by atoms with Gasteiger partial charge < -0.3 is 18.9 Å². The van der Waals surface area contributed by atoms with Crippen molar-refractivity contribution in [3.8, 4) is 0 Å². The number of carbonyl (C=O) groups excluding carboxylic acids is 2. The molecule has 0 aromatic rings. The highest BCUT2D eigenvalue weighted by Gasteiger charge is 2.21. The van der Waals surface area contributed by atoms with E-state index in [-0.39, 0.29) is 32.2 Å². The number of esters is 2. The van der Waals surface area contributed by atoms with Crippen molar-refractivity contribution < 1.29 is 28.5 Å². The summed E-state index contributed by atoms with van der Waals surface area (Å²) in [4.78, 5) is 21.0. The van der Waals surface area contributed by atoms with Crippen molar-refractivity contribution in [2.75, 3.05) is 34.7 Å². The van der Waals surface area contributed by atoms with E-state index < -0.39 is 5.97 Å². The van der Waals surface area contributed by atoms with Crippen LogP contribution in [0.2, 0.25) is 0 Å². The first-order valence-corrected chi connectivity index (χ1v) is 7.01. The van der Waals surface area contributed by atoms with Crippen LogP contribution in [0, 0.1) is 5.41 Å². The first-order chi connectivity index (χ1) is 9.79. The molecule has 0 aliphatic heterocycles. The molecule has 22 heavy (non-hydrogen) atoms. The molecule has 0 atom stereocenters. The van der Waals surface area contributed by atoms with Gasteiger partial charge in [-0.3, -0.25) is 4.79 Å². The Morgan fingerprint density at radius 1 is 0.864 bits per heavy atom. The van der Waals surface area contributed by atoms with Gasteiger partial charge in [-0.2, -0.15) is 0 Å². The van der Waals surface area contributed by atoms with Gasteiger partial charge >= 0.3 is 11.9 Å². The highest BCUT2D eigenvalue weighted by Crippen LogP contribution is 2.13. The lowest BCUT2D eigenvalue weighted by atomic mass is 9.98. The zero-order valence-corrected chi connectivity index (χ0v) is 15.4. The molecule has 0 spiro atoms. The predicted molar refractivity (Wildman–Crippen MR) is 90.7 cm³/mol. The molecule has 0 unspecified atom stereocenters. The van der Waals surface area contributed by atoms with E-state index in [1.165, 1.54) is 21.3 Å². The summed E-state index contributed by atoms with van der Waals surface area (Å²) in [7, 11) is 4.27. The van der Waals surface area contributed by atoms with E-state index >= 15 is 0 Å². The van der Waals surface area contributed by atoms with Gasteiger partial charge in [0.15, 0.2) is 6.79 Å². The largest absolute Gasteiger partial charge is 0.469 e. The lowest BCUT2D eigenvalue weighted by Crippen LogP contribution is -2.21. The lowest BCUT2D eigenvalue weighted by molar-refractivity contribution is -0.158. The Morgan fingerprint density at radius 2 is 1.27 bits per heavy atom. The Balaban J connectivity index is -0.0000000689. The molecule has 0 fully saturated rings. The first-order valence-electron chi connectivity index (χ1n) is 7.01. The van der Waals surface area contributed by atoms with Gasteiger partial charge in [-0.05, 0) is 20.8 Å². The number of rotatable bonds is 4. The van der Waals surface area contributed by atoms with Gasteiger partial charge in [-0.15, -0.1) is 0 Å². The first kappa shape index (κ1) is 32.7. The molecule has 0 amide bonds. The molecule has 0 rings (SSSR count). The van der Waals surface area contributed by atoms with Gasteiger partial charge in [0.1, 0.15) is 6.61 Å². The van der Waals surface area contributed by atoms with E-state index in [4.69, 9.17) is 0 Å². The molecule has 0 N–H and O–H groups in total. The minimum Gasteiger partial charge on any atom is -0.469 e. The van der Waals surface area contributed by atoms with E-state index in [9.17, 15) is 9.59 Å². The third kappa shape index (κ3) is 31.3. The Bertz CT molecular complexity index is 221. The molecule has 138 valence electrons. The normalized spacial score (nSPS) is 8.27. The average molecular weight is 326 g/mol. The maximum atomic E-state index is 10.6. The Kier molecular flexibility index (Phi) is 36.9. The number of hydrogen-bond acceptors (Lipinski definition) is 6. The highest BCUT2D eigenvalue weighted by atomic mass is 16.7. The smallest absolute Gasteiger partial charge is 0.334 e. The van der Waals surface area contributed by atoms with Crippen LogP contribution in [0.1, 0.15) is 55.9 Å². The summed E-state index contributed by atoms with van der Waals surface area (Å²) < 4.78 is 17.9. The molecule has 0 heterocycles. The second-order valence-electron chi connectivity index (χ2n) is 4.10. The van der Waals surface area contributed by atoms with Crippen molar-refractivity contribution in [1.82, 2.24) is 0 Å². The van der Waals surface area contributed by atoms with E-state index in [0.29, 0.717) is 0 Å². The summed E-state index contributed by atoms with van der Waals surface area (Å²) in [6.07, 6.45) is 0. The fraction of sp³-hybridized carbons (Fsp3) is 0.875. The fourth-order valence-corrected chi connectivity index (χ4v) is 0.590. The van der Waals surface area contributed by atoms with Crippen LogP contribution < -0.4 is 0 Å². The SMILES string of the molecule is C.CC.CC.COC(=O)C(C)(C)C.COCOC(=O)COC. The van der Waals surface area contributed by atoms with E-state index in [2.05, 4.69) is 18.9 Å². The Morgan fingerprint density at radius 3 is 1.45 bits per heavy atom. The number of ether oxygens (including phenoxy) is 4. The van der Waals surface area contributed by atoms with Crippen molar-refractivity contribution in [3.63, 3.8) is 0 Å². The van der Waals surface area contributed by atoms with Crippen LogP contribution in [0.5, 0.6) is 0 Å². The summed E-state index contributed by atoms with van der Waals surface area (Å²) >= 11 is 0. The molecular formula is C16H38O6. The lowest BCUT2D eigenvalue weighted by Gasteiger charge is -2.13. The van der Waals surface area contributed by atoms with Crippen molar-refractivity contribution in [1.29, 1.82) is 0 Å². The molecule has 0 aliphatic rings. The van der Waals surface area contributed by atoms with E-state index in [1.807, 2.05) is 48.5 Å². The predicted octanol–water partition coefficient (Wildman–Crippen LogP) is 3.67.